The van der Waals surface area contributed by atoms with Gasteiger partial charge in [0.1, 0.15) is 5.01 Å². The Bertz CT molecular complexity index is 1120. The lowest BCUT2D eigenvalue weighted by Gasteiger charge is -2.30. The van der Waals surface area contributed by atoms with Crippen molar-refractivity contribution in [2.75, 3.05) is 13.1 Å². The second-order valence-corrected chi connectivity index (χ2v) is 10.2. The standard InChI is InChI=1S/C26H32N4O2S/c1-16(2)30(17(3)4)14-13-27-24(31)20-9-12-22-23(15-20)33-26(29-22)19-7-5-18(6-8-19)25(32)28-21-10-11-21/h5-9,12,15-17,21H,10-11,13-14H2,1-4H3,(H,27,31)(H,28,32). The Morgan fingerprint density at radius 3 is 2.30 bits per heavy atom. The van der Waals surface area contributed by atoms with E-state index in [0.717, 1.165) is 40.2 Å². The number of hydrogen-bond donors (Lipinski definition) is 2. The van der Waals surface area contributed by atoms with Crippen molar-refractivity contribution in [2.45, 2.75) is 58.7 Å². The smallest absolute Gasteiger partial charge is 0.251 e. The van der Waals surface area contributed by atoms with E-state index in [4.69, 9.17) is 4.98 Å². The van der Waals surface area contributed by atoms with Gasteiger partial charge in [0.2, 0.25) is 0 Å². The summed E-state index contributed by atoms with van der Waals surface area (Å²) in [7, 11) is 0. The molecule has 3 aromatic rings. The Balaban J connectivity index is 1.41. The van der Waals surface area contributed by atoms with Crippen molar-refractivity contribution in [1.29, 1.82) is 0 Å². The Hall–Kier alpha value is -2.77. The van der Waals surface area contributed by atoms with Gasteiger partial charge in [0.05, 0.1) is 10.2 Å². The fraction of sp³-hybridized carbons (Fsp3) is 0.423. The predicted molar refractivity (Wildman–Crippen MR) is 135 cm³/mol. The maximum Gasteiger partial charge on any atom is 0.251 e. The Labute approximate surface area is 199 Å². The van der Waals surface area contributed by atoms with Gasteiger partial charge in [-0.2, -0.15) is 0 Å². The van der Waals surface area contributed by atoms with Crippen LogP contribution in [0.3, 0.4) is 0 Å². The molecule has 0 radical (unpaired) electrons. The van der Waals surface area contributed by atoms with Crippen molar-refractivity contribution >= 4 is 33.4 Å². The molecule has 4 rings (SSSR count). The summed E-state index contributed by atoms with van der Waals surface area (Å²) < 4.78 is 0.971. The number of hydrogen-bond acceptors (Lipinski definition) is 5. The molecule has 1 aromatic heterocycles. The molecule has 0 bridgehead atoms. The van der Waals surface area contributed by atoms with Crippen LogP contribution in [0, 0.1) is 0 Å². The van der Waals surface area contributed by atoms with E-state index in [1.54, 1.807) is 11.3 Å². The highest BCUT2D eigenvalue weighted by atomic mass is 32.1. The SMILES string of the molecule is CC(C)N(CCNC(=O)c1ccc2nc(-c3ccc(C(=O)NC4CC4)cc3)sc2c1)C(C)C. The van der Waals surface area contributed by atoms with Gasteiger partial charge in [-0.15, -0.1) is 11.3 Å². The van der Waals surface area contributed by atoms with Crippen molar-refractivity contribution in [3.05, 3.63) is 53.6 Å². The summed E-state index contributed by atoms with van der Waals surface area (Å²) in [5.74, 6) is -0.0840. The molecule has 2 aromatic carbocycles. The van der Waals surface area contributed by atoms with Crippen LogP contribution >= 0.6 is 11.3 Å². The number of aromatic nitrogens is 1. The number of nitrogens with one attached hydrogen (secondary N) is 2. The summed E-state index contributed by atoms with van der Waals surface area (Å²) in [6.07, 6.45) is 2.15. The first-order valence-electron chi connectivity index (χ1n) is 11.7. The summed E-state index contributed by atoms with van der Waals surface area (Å²) in [5, 5.41) is 6.93. The molecular formula is C26H32N4O2S. The van der Waals surface area contributed by atoms with Crippen LogP contribution < -0.4 is 10.6 Å². The number of amides is 2. The minimum atomic E-state index is -0.0645. The number of carbonyl (C=O) groups excluding carboxylic acids is 2. The number of thiazole rings is 1. The predicted octanol–water partition coefficient (Wildman–Crippen LogP) is 4.70. The van der Waals surface area contributed by atoms with E-state index in [0.29, 0.717) is 35.8 Å². The molecule has 0 saturated heterocycles. The molecule has 1 aliphatic rings. The third kappa shape index (κ3) is 5.78. The number of carbonyl (C=O) groups is 2. The molecule has 1 aliphatic carbocycles. The quantitative estimate of drug-likeness (QED) is 0.481. The number of nitrogens with zero attached hydrogens (tertiary/aromatic N) is 2. The first-order valence-corrected chi connectivity index (χ1v) is 12.5. The van der Waals surface area contributed by atoms with Gasteiger partial charge in [0, 0.05) is 47.9 Å². The highest BCUT2D eigenvalue weighted by molar-refractivity contribution is 7.21. The largest absolute Gasteiger partial charge is 0.351 e. The normalized spacial score (nSPS) is 13.8. The van der Waals surface area contributed by atoms with Crippen LogP contribution in [0.5, 0.6) is 0 Å². The second kappa shape index (κ2) is 10.0. The summed E-state index contributed by atoms with van der Waals surface area (Å²) in [5.41, 5.74) is 3.14. The second-order valence-electron chi connectivity index (χ2n) is 9.21. The van der Waals surface area contributed by atoms with Crippen LogP contribution in [-0.2, 0) is 0 Å². The lowest BCUT2D eigenvalue weighted by molar-refractivity contribution is 0.0935. The van der Waals surface area contributed by atoms with Crippen molar-refractivity contribution in [3.8, 4) is 10.6 Å². The van der Waals surface area contributed by atoms with Gasteiger partial charge in [-0.25, -0.2) is 4.98 Å². The first-order chi connectivity index (χ1) is 15.8. The average molecular weight is 465 g/mol. The molecule has 2 amide bonds. The topological polar surface area (TPSA) is 74.3 Å². The van der Waals surface area contributed by atoms with E-state index < -0.39 is 0 Å². The van der Waals surface area contributed by atoms with Crippen molar-refractivity contribution in [3.63, 3.8) is 0 Å². The lowest BCUT2D eigenvalue weighted by atomic mass is 10.1. The van der Waals surface area contributed by atoms with Crippen molar-refractivity contribution in [2.24, 2.45) is 0 Å². The van der Waals surface area contributed by atoms with Crippen LogP contribution in [0.4, 0.5) is 0 Å². The van der Waals surface area contributed by atoms with E-state index in [1.165, 1.54) is 0 Å². The van der Waals surface area contributed by atoms with Crippen LogP contribution in [0.25, 0.3) is 20.8 Å². The van der Waals surface area contributed by atoms with Gasteiger partial charge in [-0.3, -0.25) is 14.5 Å². The molecule has 0 atom stereocenters. The molecular weight excluding hydrogens is 432 g/mol. The third-order valence-electron chi connectivity index (χ3n) is 5.94. The number of fused-ring (bicyclic) bond motifs is 1. The Morgan fingerprint density at radius 2 is 1.67 bits per heavy atom. The molecule has 6 nitrogen and oxygen atoms in total. The van der Waals surface area contributed by atoms with E-state index in [9.17, 15) is 9.59 Å². The first kappa shape index (κ1) is 23.4. The van der Waals surface area contributed by atoms with Gasteiger partial charge < -0.3 is 10.6 Å². The lowest BCUT2D eigenvalue weighted by Crippen LogP contribution is -2.42. The Kier molecular flexibility index (Phi) is 7.10. The summed E-state index contributed by atoms with van der Waals surface area (Å²) >= 11 is 1.55. The van der Waals surface area contributed by atoms with Gasteiger partial charge in [0.25, 0.3) is 11.8 Å². The van der Waals surface area contributed by atoms with Crippen LogP contribution in [0.2, 0.25) is 0 Å². The number of benzene rings is 2. The maximum absolute atomic E-state index is 12.7. The van der Waals surface area contributed by atoms with E-state index in [-0.39, 0.29) is 11.8 Å². The van der Waals surface area contributed by atoms with Gasteiger partial charge in [-0.1, -0.05) is 12.1 Å². The molecule has 0 unspecified atom stereocenters. The van der Waals surface area contributed by atoms with Gasteiger partial charge in [0.15, 0.2) is 0 Å². The molecule has 7 heteroatoms. The zero-order valence-electron chi connectivity index (χ0n) is 19.7. The van der Waals surface area contributed by atoms with E-state index >= 15 is 0 Å². The molecule has 0 spiro atoms. The average Bonchev–Trinajstić information content (AvgIpc) is 3.50. The highest BCUT2D eigenvalue weighted by Crippen LogP contribution is 2.31. The fourth-order valence-electron chi connectivity index (χ4n) is 3.96. The van der Waals surface area contributed by atoms with Crippen LogP contribution in [-0.4, -0.2) is 52.9 Å². The van der Waals surface area contributed by atoms with E-state index in [1.807, 2.05) is 42.5 Å². The zero-order valence-corrected chi connectivity index (χ0v) is 20.5. The zero-order chi connectivity index (χ0) is 23.5. The minimum Gasteiger partial charge on any atom is -0.351 e. The third-order valence-corrected chi connectivity index (χ3v) is 7.01. The molecule has 1 saturated carbocycles. The van der Waals surface area contributed by atoms with E-state index in [2.05, 4.69) is 43.2 Å². The van der Waals surface area contributed by atoms with Gasteiger partial charge in [-0.05, 0) is 70.9 Å². The minimum absolute atomic E-state index is 0.0195. The molecule has 33 heavy (non-hydrogen) atoms. The summed E-state index contributed by atoms with van der Waals surface area (Å²) in [4.78, 5) is 32.0. The summed E-state index contributed by atoms with van der Waals surface area (Å²) in [6, 6.07) is 14.4. The molecule has 1 heterocycles. The molecule has 174 valence electrons. The van der Waals surface area contributed by atoms with Crippen molar-refractivity contribution in [1.82, 2.24) is 20.5 Å². The van der Waals surface area contributed by atoms with Crippen LogP contribution in [0.15, 0.2) is 42.5 Å². The monoisotopic (exact) mass is 464 g/mol. The fourth-order valence-corrected chi connectivity index (χ4v) is 4.97. The molecule has 2 N–H and O–H groups in total. The number of rotatable bonds is 9. The van der Waals surface area contributed by atoms with Crippen LogP contribution in [0.1, 0.15) is 61.3 Å². The van der Waals surface area contributed by atoms with Crippen molar-refractivity contribution < 1.29 is 9.59 Å². The summed E-state index contributed by atoms with van der Waals surface area (Å²) in [6.45, 7) is 10.1. The van der Waals surface area contributed by atoms with Gasteiger partial charge >= 0.3 is 0 Å². The highest BCUT2D eigenvalue weighted by Gasteiger charge is 2.23. The molecule has 1 fully saturated rings. The Morgan fingerprint density at radius 1 is 1.00 bits per heavy atom. The maximum atomic E-state index is 12.7. The molecule has 0 aliphatic heterocycles.